The number of alkyl halides is 3. The number of methoxy groups -OCH3 is 1. The Labute approximate surface area is 113 Å². The van der Waals surface area contributed by atoms with E-state index < -0.39 is 12.4 Å². The molecular formula is C9H7BrF2INO2. The van der Waals surface area contributed by atoms with Crippen LogP contribution in [0, 0.1) is 3.70 Å². The topological polar surface area (TPSA) is 39.2 Å². The van der Waals surface area contributed by atoms with Gasteiger partial charge in [0.25, 0.3) is 6.43 Å². The second-order valence-corrected chi connectivity index (χ2v) is 4.38. The summed E-state index contributed by atoms with van der Waals surface area (Å²) < 4.78 is 30.0. The van der Waals surface area contributed by atoms with Gasteiger partial charge in [-0.05, 0) is 34.2 Å². The third kappa shape index (κ3) is 2.88. The number of carbonyl (C=O) groups is 1. The minimum Gasteiger partial charge on any atom is -0.465 e. The van der Waals surface area contributed by atoms with Gasteiger partial charge in [-0.15, -0.1) is 0 Å². The van der Waals surface area contributed by atoms with E-state index in [-0.39, 0.29) is 25.9 Å². The Kier molecular flexibility index (Phi) is 5.03. The summed E-state index contributed by atoms with van der Waals surface area (Å²) in [5, 5.41) is 0.209. The maximum atomic E-state index is 12.6. The van der Waals surface area contributed by atoms with Crippen LogP contribution in [-0.2, 0) is 10.1 Å². The molecule has 0 aliphatic carbocycles. The Morgan fingerprint density at radius 3 is 2.75 bits per heavy atom. The Bertz CT molecular complexity index is 415. The van der Waals surface area contributed by atoms with Crippen LogP contribution in [0.25, 0.3) is 0 Å². The Hall–Kier alpha value is -0.310. The zero-order chi connectivity index (χ0) is 12.3. The van der Waals surface area contributed by atoms with E-state index in [1.165, 1.54) is 13.2 Å². The van der Waals surface area contributed by atoms with Crippen molar-refractivity contribution in [2.24, 2.45) is 0 Å². The molecule has 0 aliphatic heterocycles. The van der Waals surface area contributed by atoms with Gasteiger partial charge < -0.3 is 4.74 Å². The highest BCUT2D eigenvalue weighted by atomic mass is 127. The van der Waals surface area contributed by atoms with Crippen molar-refractivity contribution in [2.45, 2.75) is 11.8 Å². The molecule has 1 aromatic rings. The summed E-state index contributed by atoms with van der Waals surface area (Å²) in [5.41, 5.74) is 0.173. The van der Waals surface area contributed by atoms with Crippen molar-refractivity contribution in [1.82, 2.24) is 4.98 Å². The van der Waals surface area contributed by atoms with Crippen LogP contribution in [0.3, 0.4) is 0 Å². The van der Waals surface area contributed by atoms with E-state index >= 15 is 0 Å². The number of hydrogen-bond donors (Lipinski definition) is 0. The van der Waals surface area contributed by atoms with Crippen LogP contribution < -0.4 is 0 Å². The van der Waals surface area contributed by atoms with E-state index in [0.717, 1.165) is 0 Å². The van der Waals surface area contributed by atoms with Crippen molar-refractivity contribution in [3.8, 4) is 0 Å². The zero-order valence-corrected chi connectivity index (χ0v) is 11.9. The molecule has 0 amide bonds. The van der Waals surface area contributed by atoms with Crippen molar-refractivity contribution >= 4 is 44.5 Å². The second-order valence-electron chi connectivity index (χ2n) is 2.80. The van der Waals surface area contributed by atoms with Crippen LogP contribution in [0.4, 0.5) is 8.78 Å². The van der Waals surface area contributed by atoms with E-state index in [1.54, 1.807) is 22.6 Å². The smallest absolute Gasteiger partial charge is 0.340 e. The predicted octanol–water partition coefficient (Wildman–Crippen LogP) is 3.31. The molecule has 0 fully saturated rings. The SMILES string of the molecule is COC(=O)c1cc(CBr)c(C(F)F)nc1I. The van der Waals surface area contributed by atoms with Gasteiger partial charge >= 0.3 is 5.97 Å². The lowest BCUT2D eigenvalue weighted by Gasteiger charge is -2.09. The van der Waals surface area contributed by atoms with Crippen molar-refractivity contribution < 1.29 is 18.3 Å². The number of nitrogens with zero attached hydrogens (tertiary/aromatic N) is 1. The fraction of sp³-hybridized carbons (Fsp3) is 0.333. The summed E-state index contributed by atoms with van der Waals surface area (Å²) >= 11 is 4.81. The molecule has 3 nitrogen and oxygen atoms in total. The molecule has 0 atom stereocenters. The van der Waals surface area contributed by atoms with Crippen LogP contribution >= 0.6 is 38.5 Å². The van der Waals surface area contributed by atoms with E-state index in [1.807, 2.05) is 0 Å². The van der Waals surface area contributed by atoms with Crippen molar-refractivity contribution in [2.75, 3.05) is 7.11 Å². The van der Waals surface area contributed by atoms with Gasteiger partial charge in [-0.1, -0.05) is 15.9 Å². The van der Waals surface area contributed by atoms with Crippen LogP contribution in [0.5, 0.6) is 0 Å². The number of aromatic nitrogens is 1. The van der Waals surface area contributed by atoms with Crippen LogP contribution in [-0.4, -0.2) is 18.1 Å². The fourth-order valence-corrected chi connectivity index (χ4v) is 2.18. The molecule has 0 bridgehead atoms. The molecule has 0 unspecified atom stereocenters. The summed E-state index contributed by atoms with van der Waals surface area (Å²) in [5.74, 6) is -0.583. The standard InChI is InChI=1S/C9H7BrF2INO2/c1-16-9(15)5-2-4(3-10)6(7(11)12)14-8(5)13/h2,7H,3H2,1H3. The van der Waals surface area contributed by atoms with Gasteiger partial charge in [-0.3, -0.25) is 0 Å². The van der Waals surface area contributed by atoms with Crippen LogP contribution in [0.15, 0.2) is 6.07 Å². The lowest BCUT2D eigenvalue weighted by molar-refractivity contribution is 0.0598. The molecule has 0 radical (unpaired) electrons. The van der Waals surface area contributed by atoms with Crippen LogP contribution in [0.2, 0.25) is 0 Å². The Balaban J connectivity index is 3.31. The first-order chi connectivity index (χ1) is 7.51. The van der Waals surface area contributed by atoms with Gasteiger partial charge in [0.1, 0.15) is 9.39 Å². The lowest BCUT2D eigenvalue weighted by Crippen LogP contribution is -2.09. The molecular weight excluding hydrogens is 399 g/mol. The van der Waals surface area contributed by atoms with E-state index in [0.29, 0.717) is 0 Å². The lowest BCUT2D eigenvalue weighted by atomic mass is 10.1. The zero-order valence-electron chi connectivity index (χ0n) is 8.14. The molecule has 0 aromatic carbocycles. The first kappa shape index (κ1) is 13.8. The third-order valence-corrected chi connectivity index (χ3v) is 3.27. The maximum absolute atomic E-state index is 12.6. The van der Waals surface area contributed by atoms with Gasteiger partial charge in [0.2, 0.25) is 0 Å². The number of ether oxygens (including phenoxy) is 1. The highest BCUT2D eigenvalue weighted by Gasteiger charge is 2.20. The highest BCUT2D eigenvalue weighted by molar-refractivity contribution is 14.1. The van der Waals surface area contributed by atoms with Gasteiger partial charge in [-0.2, -0.15) is 0 Å². The molecule has 0 N–H and O–H groups in total. The molecule has 88 valence electrons. The second kappa shape index (κ2) is 5.85. The molecule has 7 heteroatoms. The average Bonchev–Trinajstić information content (AvgIpc) is 2.27. The third-order valence-electron chi connectivity index (χ3n) is 1.84. The van der Waals surface area contributed by atoms with Crippen molar-refractivity contribution in [3.05, 3.63) is 26.6 Å². The summed E-state index contributed by atoms with van der Waals surface area (Å²) in [7, 11) is 1.23. The van der Waals surface area contributed by atoms with Gasteiger partial charge in [0, 0.05) is 5.33 Å². The van der Waals surface area contributed by atoms with Gasteiger partial charge in [0.05, 0.1) is 12.7 Å². The number of carbonyl (C=O) groups excluding carboxylic acids is 1. The largest absolute Gasteiger partial charge is 0.465 e. The highest BCUT2D eigenvalue weighted by Crippen LogP contribution is 2.26. The number of pyridine rings is 1. The molecule has 0 saturated carbocycles. The molecule has 1 heterocycles. The fourth-order valence-electron chi connectivity index (χ4n) is 1.09. The first-order valence-electron chi connectivity index (χ1n) is 4.13. The van der Waals surface area contributed by atoms with E-state index in [9.17, 15) is 13.6 Å². The number of rotatable bonds is 3. The van der Waals surface area contributed by atoms with Crippen molar-refractivity contribution in [3.63, 3.8) is 0 Å². The Morgan fingerprint density at radius 1 is 1.69 bits per heavy atom. The number of halogens is 4. The average molecular weight is 406 g/mol. The van der Waals surface area contributed by atoms with Gasteiger partial charge in [-0.25, -0.2) is 18.6 Å². The summed E-state index contributed by atoms with van der Waals surface area (Å²) in [6.45, 7) is 0. The molecule has 1 rings (SSSR count). The molecule has 0 spiro atoms. The number of esters is 1. The van der Waals surface area contributed by atoms with E-state index in [2.05, 4.69) is 25.7 Å². The first-order valence-corrected chi connectivity index (χ1v) is 6.33. The summed E-state index contributed by atoms with van der Waals surface area (Å²) in [6, 6.07) is 1.37. The quantitative estimate of drug-likeness (QED) is 0.335. The number of hydrogen-bond acceptors (Lipinski definition) is 3. The van der Waals surface area contributed by atoms with E-state index in [4.69, 9.17) is 0 Å². The van der Waals surface area contributed by atoms with Crippen LogP contribution in [0.1, 0.15) is 28.0 Å². The molecule has 0 aliphatic rings. The normalized spacial score (nSPS) is 10.6. The summed E-state index contributed by atoms with van der Waals surface area (Å²) in [6.07, 6.45) is -2.66. The minimum atomic E-state index is -2.66. The van der Waals surface area contributed by atoms with Crippen molar-refractivity contribution in [1.29, 1.82) is 0 Å². The molecule has 1 aromatic heterocycles. The minimum absolute atomic E-state index is 0.196. The maximum Gasteiger partial charge on any atom is 0.340 e. The van der Waals surface area contributed by atoms with Gasteiger partial charge in [0.15, 0.2) is 0 Å². The molecule has 16 heavy (non-hydrogen) atoms. The monoisotopic (exact) mass is 405 g/mol. The molecule has 0 saturated heterocycles. The Morgan fingerprint density at radius 2 is 2.31 bits per heavy atom. The summed E-state index contributed by atoms with van der Waals surface area (Å²) in [4.78, 5) is 15.0. The predicted molar refractivity (Wildman–Crippen MR) is 65.9 cm³/mol.